The minimum absolute atomic E-state index is 0.167. The maximum Gasteiger partial charge on any atom is 0.297 e. The average Bonchev–Trinajstić information content (AvgIpc) is 2.26. The van der Waals surface area contributed by atoms with Crippen LogP contribution in [0.4, 0.5) is 0 Å². The zero-order valence-electron chi connectivity index (χ0n) is 12.1. The Labute approximate surface area is 95.3 Å². The molecule has 0 saturated heterocycles. The van der Waals surface area contributed by atoms with Gasteiger partial charge in [0, 0.05) is 4.11 Å². The van der Waals surface area contributed by atoms with Crippen molar-refractivity contribution in [3.8, 4) is 0 Å². The molecule has 0 aromatic heterocycles. The van der Waals surface area contributed by atoms with Crippen LogP contribution in [0.1, 0.15) is 17.9 Å². The largest absolute Gasteiger partial charge is 0.391 e. The van der Waals surface area contributed by atoms with Crippen LogP contribution < -0.4 is 0 Å². The summed E-state index contributed by atoms with van der Waals surface area (Å²) in [5, 5.41) is 9.32. The first-order valence-corrected chi connectivity index (χ1v) is 5.55. The molecule has 0 aliphatic heterocycles. The summed E-state index contributed by atoms with van der Waals surface area (Å²) >= 11 is 0. The molecule has 15 heavy (non-hydrogen) atoms. The van der Waals surface area contributed by atoms with Crippen molar-refractivity contribution in [3.05, 3.63) is 29.8 Å². The van der Waals surface area contributed by atoms with E-state index in [4.69, 9.17) is 5.48 Å². The van der Waals surface area contributed by atoms with Gasteiger partial charge in [-0.15, -0.1) is 0 Å². The first kappa shape index (κ1) is 7.38. The highest BCUT2D eigenvalue weighted by atomic mass is 32.2. The summed E-state index contributed by atoms with van der Waals surface area (Å²) in [6, 6.07) is 5.69. The molecule has 0 spiro atoms. The van der Waals surface area contributed by atoms with Gasteiger partial charge in [-0.05, 0) is 25.9 Å². The monoisotopic (exact) mass is 234 g/mol. The summed E-state index contributed by atoms with van der Waals surface area (Å²) in [5.74, 6) is 0. The lowest BCUT2D eigenvalue weighted by Crippen LogP contribution is -2.15. The van der Waals surface area contributed by atoms with Crippen LogP contribution in [-0.2, 0) is 14.3 Å². The molecule has 0 amide bonds. The van der Waals surface area contributed by atoms with Crippen molar-refractivity contribution in [1.29, 1.82) is 0 Å². The quantitative estimate of drug-likeness (QED) is 0.792. The van der Waals surface area contributed by atoms with Gasteiger partial charge in [0.05, 0.1) is 19.0 Å². The predicted molar refractivity (Wildman–Crippen MR) is 56.0 cm³/mol. The van der Waals surface area contributed by atoms with Crippen LogP contribution in [0.25, 0.3) is 0 Å². The van der Waals surface area contributed by atoms with E-state index < -0.39 is 29.7 Å². The Bertz CT molecular complexity index is 534. The molecule has 1 aromatic carbocycles. The lowest BCUT2D eigenvalue weighted by Gasteiger charge is -2.07. The highest BCUT2D eigenvalue weighted by Crippen LogP contribution is 2.13. The molecule has 0 bridgehead atoms. The Kier molecular flexibility index (Phi) is 2.33. The lowest BCUT2D eigenvalue weighted by atomic mass is 10.2. The number of aryl methyl sites for hydroxylation is 1. The van der Waals surface area contributed by atoms with Crippen LogP contribution in [0.3, 0.4) is 0 Å². The van der Waals surface area contributed by atoms with Crippen LogP contribution in [0.5, 0.6) is 0 Å². The van der Waals surface area contributed by atoms with Gasteiger partial charge in [-0.2, -0.15) is 8.42 Å². The van der Waals surface area contributed by atoms with Crippen LogP contribution in [-0.4, -0.2) is 26.2 Å². The van der Waals surface area contributed by atoms with Gasteiger partial charge in [0.15, 0.2) is 0 Å². The van der Waals surface area contributed by atoms with Gasteiger partial charge < -0.3 is 5.11 Å². The number of rotatable bonds is 4. The third-order valence-electron chi connectivity index (χ3n) is 1.66. The van der Waals surface area contributed by atoms with E-state index in [0.29, 0.717) is 0 Å². The van der Waals surface area contributed by atoms with Crippen LogP contribution in [0.15, 0.2) is 29.2 Å². The summed E-state index contributed by atoms with van der Waals surface area (Å²) in [6.45, 7) is -2.45. The van der Waals surface area contributed by atoms with Crippen molar-refractivity contribution in [3.63, 3.8) is 0 Å². The van der Waals surface area contributed by atoms with Crippen molar-refractivity contribution in [2.24, 2.45) is 0 Å². The fourth-order valence-electron chi connectivity index (χ4n) is 0.906. The Morgan fingerprint density at radius 3 is 2.67 bits per heavy atom. The Hall–Kier alpha value is -0.910. The van der Waals surface area contributed by atoms with Gasteiger partial charge in [0.1, 0.15) is 0 Å². The first-order valence-electron chi connectivity index (χ1n) is 6.14. The number of aliphatic hydroxyl groups is 1. The summed E-state index contributed by atoms with van der Waals surface area (Å²) in [6.07, 6.45) is -2.98. The summed E-state index contributed by atoms with van der Waals surface area (Å²) < 4.78 is 55.7. The molecule has 1 N–H and O–H groups in total. The standard InChI is InChI=1S/C10H14O4S/c1-8-3-5-10(6-4-8)15(12,13)14-7-9(2)11/h3-6,9,11H,7H2,1-2H3/i2D3,9D. The Morgan fingerprint density at radius 2 is 2.13 bits per heavy atom. The highest BCUT2D eigenvalue weighted by Gasteiger charge is 2.15. The van der Waals surface area contributed by atoms with Crippen LogP contribution >= 0.6 is 0 Å². The van der Waals surface area contributed by atoms with Gasteiger partial charge in [0.2, 0.25) is 0 Å². The number of hydrogen-bond acceptors (Lipinski definition) is 4. The molecule has 0 aliphatic carbocycles. The third kappa shape index (κ3) is 3.62. The maximum atomic E-state index is 11.7. The smallest absolute Gasteiger partial charge is 0.297 e. The molecule has 0 fully saturated rings. The van der Waals surface area contributed by atoms with Crippen molar-refractivity contribution in [2.45, 2.75) is 24.8 Å². The molecule has 1 unspecified atom stereocenters. The molecule has 0 saturated carbocycles. The van der Waals surface area contributed by atoms with E-state index in [1.54, 1.807) is 19.1 Å². The molecule has 84 valence electrons. The van der Waals surface area contributed by atoms with E-state index >= 15 is 0 Å². The zero-order valence-corrected chi connectivity index (χ0v) is 8.91. The van der Waals surface area contributed by atoms with E-state index in [-0.39, 0.29) is 4.90 Å². The SMILES string of the molecule is [2H]C([2H])([2H])C([2H])(O)COS(=O)(=O)c1ccc(C)cc1. The van der Waals surface area contributed by atoms with E-state index in [9.17, 15) is 13.5 Å². The van der Waals surface area contributed by atoms with Gasteiger partial charge in [0.25, 0.3) is 10.1 Å². The topological polar surface area (TPSA) is 63.6 Å². The second kappa shape index (κ2) is 4.74. The van der Waals surface area contributed by atoms with E-state index in [1.807, 2.05) is 0 Å². The van der Waals surface area contributed by atoms with Crippen LogP contribution in [0.2, 0.25) is 0 Å². The molecule has 1 atom stereocenters. The fourth-order valence-corrected chi connectivity index (χ4v) is 1.78. The second-order valence-corrected chi connectivity index (χ2v) is 4.59. The van der Waals surface area contributed by atoms with E-state index in [2.05, 4.69) is 4.18 Å². The molecule has 1 aromatic rings. The van der Waals surface area contributed by atoms with Gasteiger partial charge >= 0.3 is 0 Å². The average molecular weight is 234 g/mol. The summed E-state index contributed by atoms with van der Waals surface area (Å²) in [5.41, 5.74) is 0.846. The molecule has 0 heterocycles. The molecule has 4 nitrogen and oxygen atoms in total. The van der Waals surface area contributed by atoms with Crippen molar-refractivity contribution in [1.82, 2.24) is 0 Å². The minimum Gasteiger partial charge on any atom is -0.391 e. The minimum atomic E-state index is -4.20. The zero-order chi connectivity index (χ0) is 14.9. The highest BCUT2D eigenvalue weighted by molar-refractivity contribution is 7.86. The van der Waals surface area contributed by atoms with Gasteiger partial charge in [-0.3, -0.25) is 4.18 Å². The molecule has 5 heteroatoms. The normalized spacial score (nSPS) is 20.7. The number of hydrogen-bond donors (Lipinski definition) is 1. The van der Waals surface area contributed by atoms with Crippen molar-refractivity contribution in [2.75, 3.05) is 6.61 Å². The first-order chi connectivity index (χ1) is 8.46. The Balaban J connectivity index is 2.85. The second-order valence-electron chi connectivity index (χ2n) is 2.98. The fraction of sp³-hybridized carbons (Fsp3) is 0.400. The summed E-state index contributed by atoms with van der Waals surface area (Å²) in [4.78, 5) is -0.167. The van der Waals surface area contributed by atoms with E-state index in [1.165, 1.54) is 12.1 Å². The molecular formula is C10H14O4S. The predicted octanol–water partition coefficient (Wildman–Crippen LogP) is 1.08. The molecule has 0 radical (unpaired) electrons. The molecule has 0 aliphatic rings. The number of benzene rings is 1. The van der Waals surface area contributed by atoms with Gasteiger partial charge in [-0.1, -0.05) is 17.7 Å². The molecule has 1 rings (SSSR count). The summed E-state index contributed by atoms with van der Waals surface area (Å²) in [7, 11) is -4.20. The van der Waals surface area contributed by atoms with E-state index in [0.717, 1.165) is 5.56 Å². The van der Waals surface area contributed by atoms with Crippen molar-refractivity contribution < 1.29 is 23.2 Å². The van der Waals surface area contributed by atoms with Crippen molar-refractivity contribution >= 4 is 10.1 Å². The lowest BCUT2D eigenvalue weighted by molar-refractivity contribution is 0.126. The molecular weight excluding hydrogens is 216 g/mol. The van der Waals surface area contributed by atoms with Crippen LogP contribution in [0, 0.1) is 6.92 Å². The third-order valence-corrected chi connectivity index (χ3v) is 2.94. The maximum absolute atomic E-state index is 11.7. The van der Waals surface area contributed by atoms with Gasteiger partial charge in [-0.25, -0.2) is 0 Å². The Morgan fingerprint density at radius 1 is 1.53 bits per heavy atom.